The predicted molar refractivity (Wildman–Crippen MR) is 66.8 cm³/mol. The van der Waals surface area contributed by atoms with E-state index in [-0.39, 0.29) is 11.0 Å². The fraction of sp³-hybridized carbons (Fsp3) is 0.538. The summed E-state index contributed by atoms with van der Waals surface area (Å²) >= 11 is 0. The minimum Gasteiger partial charge on any atom is -0.385 e. The van der Waals surface area contributed by atoms with Crippen molar-refractivity contribution in [2.24, 2.45) is 5.41 Å². The molecule has 0 aliphatic heterocycles. The van der Waals surface area contributed by atoms with Gasteiger partial charge in [-0.05, 0) is 17.9 Å². The van der Waals surface area contributed by atoms with Crippen molar-refractivity contribution >= 4 is 5.91 Å². The number of methoxy groups -OCH3 is 1. The summed E-state index contributed by atoms with van der Waals surface area (Å²) in [5.41, 5.74) is -0.0672. The van der Waals surface area contributed by atoms with Crippen LogP contribution in [-0.4, -0.2) is 31.2 Å². The van der Waals surface area contributed by atoms with Gasteiger partial charge in [-0.3, -0.25) is 9.78 Å². The Hall–Kier alpha value is -1.49. The second-order valence-corrected chi connectivity index (χ2v) is 4.95. The van der Waals surface area contributed by atoms with Crippen LogP contribution in [-0.2, 0) is 4.74 Å². The maximum atomic E-state index is 13.3. The SMILES string of the molecule is COCCC(C)(C)CNC(=O)c1ccncc1F. The Morgan fingerprint density at radius 2 is 2.28 bits per heavy atom. The number of carbonyl (C=O) groups is 1. The van der Waals surface area contributed by atoms with Gasteiger partial charge in [0.2, 0.25) is 0 Å². The molecule has 0 aliphatic carbocycles. The fourth-order valence-corrected chi connectivity index (χ4v) is 1.44. The zero-order valence-corrected chi connectivity index (χ0v) is 11.0. The van der Waals surface area contributed by atoms with E-state index in [0.717, 1.165) is 12.6 Å². The number of hydrogen-bond donors (Lipinski definition) is 1. The van der Waals surface area contributed by atoms with E-state index in [1.54, 1.807) is 7.11 Å². The maximum absolute atomic E-state index is 13.3. The van der Waals surface area contributed by atoms with Gasteiger partial charge in [0.15, 0.2) is 5.82 Å². The van der Waals surface area contributed by atoms with E-state index in [9.17, 15) is 9.18 Å². The van der Waals surface area contributed by atoms with Gasteiger partial charge in [-0.15, -0.1) is 0 Å². The van der Waals surface area contributed by atoms with Crippen LogP contribution in [0.4, 0.5) is 4.39 Å². The van der Waals surface area contributed by atoms with Crippen LogP contribution in [0.2, 0.25) is 0 Å². The first-order valence-electron chi connectivity index (χ1n) is 5.83. The molecule has 18 heavy (non-hydrogen) atoms. The van der Waals surface area contributed by atoms with Crippen LogP contribution >= 0.6 is 0 Å². The highest BCUT2D eigenvalue weighted by molar-refractivity contribution is 5.94. The largest absolute Gasteiger partial charge is 0.385 e. The van der Waals surface area contributed by atoms with Crippen LogP contribution in [0.1, 0.15) is 30.6 Å². The van der Waals surface area contributed by atoms with E-state index in [4.69, 9.17) is 4.74 Å². The molecule has 0 saturated heterocycles. The smallest absolute Gasteiger partial charge is 0.254 e. The molecule has 100 valence electrons. The van der Waals surface area contributed by atoms with Crippen LogP contribution in [0.5, 0.6) is 0 Å². The van der Waals surface area contributed by atoms with Crippen molar-refractivity contribution in [3.8, 4) is 0 Å². The Balaban J connectivity index is 2.54. The molecule has 5 heteroatoms. The molecule has 1 N–H and O–H groups in total. The van der Waals surface area contributed by atoms with Crippen LogP contribution in [0.25, 0.3) is 0 Å². The third-order valence-electron chi connectivity index (χ3n) is 2.73. The number of amides is 1. The van der Waals surface area contributed by atoms with Gasteiger partial charge < -0.3 is 10.1 Å². The average molecular weight is 254 g/mol. The number of aromatic nitrogens is 1. The first kappa shape index (κ1) is 14.6. The topological polar surface area (TPSA) is 51.2 Å². The number of nitrogens with one attached hydrogen (secondary N) is 1. The summed E-state index contributed by atoms with van der Waals surface area (Å²) in [7, 11) is 1.64. The van der Waals surface area contributed by atoms with Crippen molar-refractivity contribution in [3.05, 3.63) is 29.8 Å². The molecule has 0 fully saturated rings. The summed E-state index contributed by atoms with van der Waals surface area (Å²) in [6.07, 6.45) is 3.25. The summed E-state index contributed by atoms with van der Waals surface area (Å²) in [6, 6.07) is 1.37. The lowest BCUT2D eigenvalue weighted by Crippen LogP contribution is -2.35. The van der Waals surface area contributed by atoms with Crippen LogP contribution in [0.15, 0.2) is 18.5 Å². The Labute approximate surface area is 107 Å². The average Bonchev–Trinajstić information content (AvgIpc) is 2.34. The minimum absolute atomic E-state index is 0.0209. The van der Waals surface area contributed by atoms with Gasteiger partial charge in [0, 0.05) is 26.5 Å². The molecule has 0 atom stereocenters. The molecule has 1 amide bonds. The Bertz CT molecular complexity index is 408. The van der Waals surface area contributed by atoms with E-state index < -0.39 is 11.7 Å². The fourth-order valence-electron chi connectivity index (χ4n) is 1.44. The predicted octanol–water partition coefficient (Wildman–Crippen LogP) is 2.01. The monoisotopic (exact) mass is 254 g/mol. The van der Waals surface area contributed by atoms with Crippen molar-refractivity contribution < 1.29 is 13.9 Å². The lowest BCUT2D eigenvalue weighted by molar-refractivity contribution is 0.0916. The van der Waals surface area contributed by atoms with Crippen molar-refractivity contribution in [3.63, 3.8) is 0 Å². The molecule has 1 rings (SSSR count). The minimum atomic E-state index is -0.607. The highest BCUT2D eigenvalue weighted by Crippen LogP contribution is 2.19. The molecule has 0 saturated carbocycles. The third-order valence-corrected chi connectivity index (χ3v) is 2.73. The van der Waals surface area contributed by atoms with Crippen molar-refractivity contribution in [2.75, 3.05) is 20.3 Å². The van der Waals surface area contributed by atoms with E-state index in [2.05, 4.69) is 10.3 Å². The lowest BCUT2D eigenvalue weighted by Gasteiger charge is -2.24. The number of rotatable bonds is 6. The van der Waals surface area contributed by atoms with E-state index in [1.165, 1.54) is 12.3 Å². The lowest BCUT2D eigenvalue weighted by atomic mass is 9.89. The van der Waals surface area contributed by atoms with Crippen molar-refractivity contribution in [1.82, 2.24) is 10.3 Å². The molecule has 0 aromatic carbocycles. The van der Waals surface area contributed by atoms with E-state index >= 15 is 0 Å². The molecule has 0 aliphatic rings. The molecular weight excluding hydrogens is 235 g/mol. The van der Waals surface area contributed by atoms with Gasteiger partial charge in [0.25, 0.3) is 5.91 Å². The van der Waals surface area contributed by atoms with E-state index in [0.29, 0.717) is 13.2 Å². The third kappa shape index (κ3) is 4.41. The van der Waals surface area contributed by atoms with Crippen LogP contribution in [0.3, 0.4) is 0 Å². The van der Waals surface area contributed by atoms with Gasteiger partial charge in [-0.1, -0.05) is 13.8 Å². The number of halogens is 1. The Morgan fingerprint density at radius 3 is 2.89 bits per heavy atom. The molecule has 0 unspecified atom stereocenters. The Morgan fingerprint density at radius 1 is 1.56 bits per heavy atom. The number of hydrogen-bond acceptors (Lipinski definition) is 3. The highest BCUT2D eigenvalue weighted by Gasteiger charge is 2.20. The second-order valence-electron chi connectivity index (χ2n) is 4.95. The summed E-state index contributed by atoms with van der Waals surface area (Å²) < 4.78 is 18.3. The summed E-state index contributed by atoms with van der Waals surface area (Å²) in [6.45, 7) is 5.15. The zero-order valence-electron chi connectivity index (χ0n) is 11.0. The van der Waals surface area contributed by atoms with Crippen molar-refractivity contribution in [1.29, 1.82) is 0 Å². The number of ether oxygens (including phenoxy) is 1. The van der Waals surface area contributed by atoms with E-state index in [1.807, 2.05) is 13.8 Å². The van der Waals surface area contributed by atoms with Gasteiger partial charge in [-0.2, -0.15) is 0 Å². The molecule has 1 aromatic heterocycles. The highest BCUT2D eigenvalue weighted by atomic mass is 19.1. The van der Waals surface area contributed by atoms with Crippen LogP contribution in [0, 0.1) is 11.2 Å². The quantitative estimate of drug-likeness (QED) is 0.845. The molecule has 0 radical (unpaired) electrons. The molecule has 1 heterocycles. The van der Waals surface area contributed by atoms with Gasteiger partial charge in [0.05, 0.1) is 11.8 Å². The zero-order chi connectivity index (χ0) is 13.6. The number of pyridine rings is 1. The normalized spacial score (nSPS) is 11.3. The molecule has 1 aromatic rings. The summed E-state index contributed by atoms with van der Waals surface area (Å²) in [5, 5.41) is 2.73. The molecule has 0 spiro atoms. The molecule has 0 bridgehead atoms. The molecule has 4 nitrogen and oxygen atoms in total. The Kier molecular flexibility index (Phi) is 5.22. The van der Waals surface area contributed by atoms with Gasteiger partial charge in [0.1, 0.15) is 0 Å². The summed E-state index contributed by atoms with van der Waals surface area (Å²) in [5.74, 6) is -1.02. The van der Waals surface area contributed by atoms with Gasteiger partial charge in [-0.25, -0.2) is 4.39 Å². The second kappa shape index (κ2) is 6.44. The first-order valence-corrected chi connectivity index (χ1v) is 5.83. The summed E-state index contributed by atoms with van der Waals surface area (Å²) in [4.78, 5) is 15.4. The van der Waals surface area contributed by atoms with Crippen molar-refractivity contribution in [2.45, 2.75) is 20.3 Å². The maximum Gasteiger partial charge on any atom is 0.254 e. The first-order chi connectivity index (χ1) is 8.46. The van der Waals surface area contributed by atoms with Crippen LogP contribution < -0.4 is 5.32 Å². The number of carbonyl (C=O) groups excluding carboxylic acids is 1. The number of nitrogens with zero attached hydrogens (tertiary/aromatic N) is 1. The van der Waals surface area contributed by atoms with Gasteiger partial charge >= 0.3 is 0 Å². The molecular formula is C13H19FN2O2. The standard InChI is InChI=1S/C13H19FN2O2/c1-13(2,5-7-18-3)9-16-12(17)10-4-6-15-8-11(10)14/h4,6,8H,5,7,9H2,1-3H3,(H,16,17).